The molecule has 2 N–H and O–H groups in total. The van der Waals surface area contributed by atoms with Crippen molar-refractivity contribution in [3.8, 4) is 5.75 Å². The lowest BCUT2D eigenvalue weighted by Gasteiger charge is -2.26. The Morgan fingerprint density at radius 1 is 1.32 bits per heavy atom. The highest BCUT2D eigenvalue weighted by molar-refractivity contribution is 5.76. The number of aromatic hydroxyl groups is 1. The smallest absolute Gasteiger partial charge is 0.221 e. The van der Waals surface area contributed by atoms with Crippen LogP contribution in [-0.2, 0) is 16.1 Å². The van der Waals surface area contributed by atoms with Gasteiger partial charge in [0, 0.05) is 38.2 Å². The van der Waals surface area contributed by atoms with E-state index in [2.05, 4.69) is 10.2 Å². The molecule has 5 heteroatoms. The van der Waals surface area contributed by atoms with E-state index in [1.807, 2.05) is 6.07 Å². The van der Waals surface area contributed by atoms with Gasteiger partial charge >= 0.3 is 0 Å². The lowest BCUT2D eigenvalue weighted by molar-refractivity contribution is -0.121. The van der Waals surface area contributed by atoms with E-state index in [-0.39, 0.29) is 11.7 Å². The second-order valence-corrected chi connectivity index (χ2v) is 4.61. The minimum atomic E-state index is 0.00902. The third-order valence-electron chi connectivity index (χ3n) is 3.23. The van der Waals surface area contributed by atoms with Crippen molar-refractivity contribution in [3.63, 3.8) is 0 Å². The normalized spacial score (nSPS) is 16.2. The van der Waals surface area contributed by atoms with Crippen LogP contribution in [0.25, 0.3) is 0 Å². The summed E-state index contributed by atoms with van der Waals surface area (Å²) in [7, 11) is 0. The fraction of sp³-hybridized carbons (Fsp3) is 0.500. The van der Waals surface area contributed by atoms with E-state index in [1.54, 1.807) is 18.2 Å². The van der Waals surface area contributed by atoms with Crippen LogP contribution in [0.1, 0.15) is 12.0 Å². The molecule has 1 heterocycles. The van der Waals surface area contributed by atoms with Crippen molar-refractivity contribution in [1.29, 1.82) is 0 Å². The number of phenolic OH excluding ortho intramolecular Hbond substituents is 1. The van der Waals surface area contributed by atoms with Gasteiger partial charge in [0.2, 0.25) is 5.91 Å². The lowest BCUT2D eigenvalue weighted by atomic mass is 10.2. The minimum absolute atomic E-state index is 0.00902. The Kier molecular flexibility index (Phi) is 5.18. The van der Waals surface area contributed by atoms with Crippen molar-refractivity contribution in [2.45, 2.75) is 13.0 Å². The molecule has 0 unspecified atom stereocenters. The first-order valence-corrected chi connectivity index (χ1v) is 6.59. The number of nitrogens with zero attached hydrogens (tertiary/aromatic N) is 1. The van der Waals surface area contributed by atoms with E-state index >= 15 is 0 Å². The number of phenols is 1. The number of carbonyl (C=O) groups is 1. The summed E-state index contributed by atoms with van der Waals surface area (Å²) in [6, 6.07) is 7.03. The van der Waals surface area contributed by atoms with E-state index in [4.69, 9.17) is 4.74 Å². The average molecular weight is 264 g/mol. The number of para-hydroxylation sites is 1. The van der Waals surface area contributed by atoms with Gasteiger partial charge in [-0.2, -0.15) is 0 Å². The van der Waals surface area contributed by atoms with Crippen molar-refractivity contribution in [2.24, 2.45) is 0 Å². The van der Waals surface area contributed by atoms with Gasteiger partial charge in [-0.1, -0.05) is 18.2 Å². The Balaban J connectivity index is 1.68. The fourth-order valence-corrected chi connectivity index (χ4v) is 2.03. The van der Waals surface area contributed by atoms with E-state index in [9.17, 15) is 9.90 Å². The maximum Gasteiger partial charge on any atom is 0.221 e. The summed E-state index contributed by atoms with van der Waals surface area (Å²) in [5, 5.41) is 12.4. The van der Waals surface area contributed by atoms with Crippen LogP contribution in [0.2, 0.25) is 0 Å². The van der Waals surface area contributed by atoms with Gasteiger partial charge in [-0.15, -0.1) is 0 Å². The van der Waals surface area contributed by atoms with Crippen LogP contribution in [0.4, 0.5) is 0 Å². The van der Waals surface area contributed by atoms with Gasteiger partial charge in [-0.05, 0) is 6.07 Å². The van der Waals surface area contributed by atoms with Crippen molar-refractivity contribution >= 4 is 5.91 Å². The zero-order valence-corrected chi connectivity index (χ0v) is 11.0. The van der Waals surface area contributed by atoms with Gasteiger partial charge in [-0.3, -0.25) is 9.69 Å². The van der Waals surface area contributed by atoms with Crippen molar-refractivity contribution in [3.05, 3.63) is 29.8 Å². The number of rotatable bonds is 5. The molecule has 1 aliphatic heterocycles. The molecule has 0 bridgehead atoms. The SMILES string of the molecule is O=C(CCN1CCOCC1)NCc1ccccc1O. The van der Waals surface area contributed by atoms with Crippen LogP contribution in [0.3, 0.4) is 0 Å². The lowest BCUT2D eigenvalue weighted by Crippen LogP contribution is -2.38. The summed E-state index contributed by atoms with van der Waals surface area (Å²) in [5.41, 5.74) is 0.738. The van der Waals surface area contributed by atoms with Crippen LogP contribution in [0.15, 0.2) is 24.3 Å². The number of amides is 1. The molecule has 0 spiro atoms. The molecule has 5 nitrogen and oxygen atoms in total. The monoisotopic (exact) mass is 264 g/mol. The van der Waals surface area contributed by atoms with E-state index in [0.717, 1.165) is 38.4 Å². The summed E-state index contributed by atoms with van der Waals surface area (Å²) in [6.45, 7) is 4.42. The Labute approximate surface area is 113 Å². The van der Waals surface area contributed by atoms with Crippen LogP contribution in [0, 0.1) is 0 Å². The molecule has 1 aromatic carbocycles. The second kappa shape index (κ2) is 7.11. The molecular weight excluding hydrogens is 244 g/mol. The number of morpholine rings is 1. The highest BCUT2D eigenvalue weighted by Gasteiger charge is 2.11. The molecule has 1 aliphatic rings. The maximum absolute atomic E-state index is 11.7. The summed E-state index contributed by atoms with van der Waals surface area (Å²) < 4.78 is 5.26. The number of nitrogens with one attached hydrogen (secondary N) is 1. The van der Waals surface area contributed by atoms with Gasteiger partial charge in [-0.25, -0.2) is 0 Å². The van der Waals surface area contributed by atoms with E-state index in [0.29, 0.717) is 13.0 Å². The third kappa shape index (κ3) is 4.54. The van der Waals surface area contributed by atoms with Gasteiger partial charge < -0.3 is 15.2 Å². The molecule has 1 aromatic rings. The first-order chi connectivity index (χ1) is 9.25. The van der Waals surface area contributed by atoms with E-state index < -0.39 is 0 Å². The van der Waals surface area contributed by atoms with Crippen LogP contribution in [0.5, 0.6) is 5.75 Å². The minimum Gasteiger partial charge on any atom is -0.508 e. The predicted octanol–water partition coefficient (Wildman–Crippen LogP) is 0.731. The van der Waals surface area contributed by atoms with Crippen LogP contribution >= 0.6 is 0 Å². The highest BCUT2D eigenvalue weighted by atomic mass is 16.5. The summed E-state index contributed by atoms with van der Waals surface area (Å²) in [4.78, 5) is 13.9. The number of ether oxygens (including phenoxy) is 1. The zero-order valence-electron chi connectivity index (χ0n) is 11.0. The molecule has 1 fully saturated rings. The van der Waals surface area contributed by atoms with Gasteiger partial charge in [0.05, 0.1) is 13.2 Å². The molecule has 0 atom stereocenters. The zero-order chi connectivity index (χ0) is 13.5. The average Bonchev–Trinajstić information content (AvgIpc) is 2.45. The standard InChI is InChI=1S/C14H20N2O3/c17-13-4-2-1-3-12(13)11-15-14(18)5-6-16-7-9-19-10-8-16/h1-4,17H,5-11H2,(H,15,18). The van der Waals surface area contributed by atoms with Crippen molar-refractivity contribution in [2.75, 3.05) is 32.8 Å². The topological polar surface area (TPSA) is 61.8 Å². The molecular formula is C14H20N2O3. The van der Waals surface area contributed by atoms with Crippen LogP contribution < -0.4 is 5.32 Å². The quantitative estimate of drug-likeness (QED) is 0.823. The van der Waals surface area contributed by atoms with E-state index in [1.165, 1.54) is 0 Å². The molecule has 0 radical (unpaired) electrons. The van der Waals surface area contributed by atoms with Crippen LogP contribution in [-0.4, -0.2) is 48.8 Å². The van der Waals surface area contributed by atoms with Gasteiger partial charge in [0.25, 0.3) is 0 Å². The van der Waals surface area contributed by atoms with Crippen molar-refractivity contribution < 1.29 is 14.6 Å². The largest absolute Gasteiger partial charge is 0.508 e. The Bertz CT molecular complexity index is 417. The van der Waals surface area contributed by atoms with Gasteiger partial charge in [0.1, 0.15) is 5.75 Å². The maximum atomic E-state index is 11.7. The highest BCUT2D eigenvalue weighted by Crippen LogP contribution is 2.14. The Hall–Kier alpha value is -1.59. The fourth-order valence-electron chi connectivity index (χ4n) is 2.03. The summed E-state index contributed by atoms with van der Waals surface area (Å²) >= 11 is 0. The Morgan fingerprint density at radius 3 is 2.79 bits per heavy atom. The number of hydrogen-bond acceptors (Lipinski definition) is 4. The molecule has 104 valence electrons. The van der Waals surface area contributed by atoms with Crippen molar-refractivity contribution in [1.82, 2.24) is 10.2 Å². The first kappa shape index (κ1) is 13.8. The molecule has 0 aromatic heterocycles. The van der Waals surface area contributed by atoms with Gasteiger partial charge in [0.15, 0.2) is 0 Å². The predicted molar refractivity (Wildman–Crippen MR) is 71.8 cm³/mol. The molecule has 1 saturated heterocycles. The molecule has 2 rings (SSSR count). The molecule has 0 aliphatic carbocycles. The molecule has 19 heavy (non-hydrogen) atoms. The number of benzene rings is 1. The second-order valence-electron chi connectivity index (χ2n) is 4.61. The first-order valence-electron chi connectivity index (χ1n) is 6.59. The third-order valence-corrected chi connectivity index (χ3v) is 3.23. The summed E-state index contributed by atoms with van der Waals surface area (Å²) in [5.74, 6) is 0.228. The summed E-state index contributed by atoms with van der Waals surface area (Å²) in [6.07, 6.45) is 0.480. The molecule has 1 amide bonds. The Morgan fingerprint density at radius 2 is 2.05 bits per heavy atom. The number of carbonyl (C=O) groups excluding carboxylic acids is 1. The molecule has 0 saturated carbocycles. The number of hydrogen-bond donors (Lipinski definition) is 2.